The van der Waals surface area contributed by atoms with Gasteiger partial charge in [0.1, 0.15) is 29.5 Å². The number of carbonyl (C=O) groups excluding carboxylic acids is 1. The summed E-state index contributed by atoms with van der Waals surface area (Å²) < 4.78 is 26.9. The summed E-state index contributed by atoms with van der Waals surface area (Å²) in [6, 6.07) is 14.9. The summed E-state index contributed by atoms with van der Waals surface area (Å²) in [5, 5.41) is 12.9. The predicted octanol–water partition coefficient (Wildman–Crippen LogP) is 7.53. The van der Waals surface area contributed by atoms with E-state index >= 15 is 0 Å². The van der Waals surface area contributed by atoms with Crippen molar-refractivity contribution in [1.82, 2.24) is 19.7 Å². The number of nitrogens with zero attached hydrogens (tertiary/aromatic N) is 4. The smallest absolute Gasteiger partial charge is 0.257 e. The highest BCUT2D eigenvalue weighted by atomic mass is 35.5. The largest absolute Gasteiger partial charge is 0.497 e. The molecular formula is C32H26ClFN6O3S. The Morgan fingerprint density at radius 3 is 2.73 bits per heavy atom. The molecule has 0 saturated carbocycles. The molecule has 0 aliphatic rings. The Hall–Kier alpha value is -5.00. The van der Waals surface area contributed by atoms with Crippen molar-refractivity contribution < 1.29 is 18.7 Å². The fourth-order valence-corrected chi connectivity index (χ4v) is 6.01. The van der Waals surface area contributed by atoms with Crippen molar-refractivity contribution in [1.29, 1.82) is 0 Å². The van der Waals surface area contributed by atoms with E-state index in [0.717, 1.165) is 61.5 Å². The van der Waals surface area contributed by atoms with Crippen LogP contribution >= 0.6 is 22.9 Å². The van der Waals surface area contributed by atoms with Gasteiger partial charge in [0.25, 0.3) is 5.91 Å². The number of methoxy groups -OCH3 is 2. The van der Waals surface area contributed by atoms with Gasteiger partial charge in [-0.15, -0.1) is 11.3 Å². The zero-order chi connectivity index (χ0) is 30.8. The third-order valence-electron chi connectivity index (χ3n) is 7.08. The maximum Gasteiger partial charge on any atom is 0.257 e. The number of anilines is 2. The average Bonchev–Trinajstić information content (AvgIpc) is 3.68. The first-order chi connectivity index (χ1) is 21.3. The molecule has 2 N–H and O–H groups in total. The minimum atomic E-state index is -0.509. The third-order valence-corrected chi connectivity index (χ3v) is 8.37. The lowest BCUT2D eigenvalue weighted by molar-refractivity contribution is 0.102. The van der Waals surface area contributed by atoms with E-state index in [1.54, 1.807) is 48.8 Å². The van der Waals surface area contributed by atoms with E-state index < -0.39 is 11.7 Å². The van der Waals surface area contributed by atoms with E-state index in [0.29, 0.717) is 12.2 Å². The summed E-state index contributed by atoms with van der Waals surface area (Å²) >= 11 is 7.62. The molecule has 0 bridgehead atoms. The average molecular weight is 629 g/mol. The van der Waals surface area contributed by atoms with Gasteiger partial charge in [-0.3, -0.25) is 4.79 Å². The number of ether oxygens (including phenoxy) is 2. The number of halogens is 2. The molecule has 6 aromatic rings. The predicted molar refractivity (Wildman–Crippen MR) is 171 cm³/mol. The van der Waals surface area contributed by atoms with Crippen molar-refractivity contribution in [2.24, 2.45) is 0 Å². The van der Waals surface area contributed by atoms with Crippen LogP contribution in [0.25, 0.3) is 27.0 Å². The molecule has 0 atom stereocenters. The first-order valence-corrected chi connectivity index (χ1v) is 14.7. The number of rotatable bonds is 9. The lowest BCUT2D eigenvalue weighted by atomic mass is 10.1. The van der Waals surface area contributed by atoms with Crippen molar-refractivity contribution in [3.8, 4) is 28.3 Å². The van der Waals surface area contributed by atoms with Crippen molar-refractivity contribution in [3.63, 3.8) is 0 Å². The Kier molecular flexibility index (Phi) is 8.14. The fourth-order valence-electron chi connectivity index (χ4n) is 4.76. The highest BCUT2D eigenvalue weighted by Gasteiger charge is 2.17. The normalized spacial score (nSPS) is 11.0. The molecule has 3 heterocycles. The third kappa shape index (κ3) is 5.79. The van der Waals surface area contributed by atoms with E-state index in [4.69, 9.17) is 21.1 Å². The summed E-state index contributed by atoms with van der Waals surface area (Å²) in [5.41, 5.74) is 6.04. The van der Waals surface area contributed by atoms with Gasteiger partial charge in [0.2, 0.25) is 0 Å². The van der Waals surface area contributed by atoms with Crippen LogP contribution in [0.3, 0.4) is 0 Å². The first-order valence-electron chi connectivity index (χ1n) is 13.4. The van der Waals surface area contributed by atoms with Gasteiger partial charge >= 0.3 is 0 Å². The molecule has 0 saturated heterocycles. The van der Waals surface area contributed by atoms with Crippen LogP contribution in [0.4, 0.5) is 15.9 Å². The lowest BCUT2D eigenvalue weighted by Gasteiger charge is -2.12. The van der Waals surface area contributed by atoms with Gasteiger partial charge in [-0.2, -0.15) is 5.10 Å². The first kappa shape index (κ1) is 29.1. The molecule has 3 aromatic carbocycles. The number of benzene rings is 3. The molecule has 0 spiro atoms. The second-order valence-electron chi connectivity index (χ2n) is 9.83. The topological polar surface area (TPSA) is 103 Å². The van der Waals surface area contributed by atoms with Crippen LogP contribution in [0.15, 0.2) is 78.7 Å². The molecule has 9 nitrogen and oxygen atoms in total. The molecule has 0 fully saturated rings. The monoisotopic (exact) mass is 628 g/mol. The van der Waals surface area contributed by atoms with Crippen molar-refractivity contribution in [3.05, 3.63) is 106 Å². The Labute approximate surface area is 261 Å². The molecule has 0 radical (unpaired) electrons. The van der Waals surface area contributed by atoms with E-state index in [1.807, 2.05) is 48.8 Å². The van der Waals surface area contributed by atoms with Gasteiger partial charge in [-0.25, -0.2) is 19.0 Å². The van der Waals surface area contributed by atoms with Gasteiger partial charge in [-0.05, 0) is 55.0 Å². The highest BCUT2D eigenvalue weighted by Crippen LogP contribution is 2.36. The Morgan fingerprint density at radius 2 is 1.93 bits per heavy atom. The van der Waals surface area contributed by atoms with Crippen molar-refractivity contribution in [2.75, 3.05) is 24.9 Å². The van der Waals surface area contributed by atoms with Crippen LogP contribution in [0.1, 0.15) is 21.5 Å². The number of aromatic nitrogens is 4. The summed E-state index contributed by atoms with van der Waals surface area (Å²) in [6.07, 6.45) is 5.24. The summed E-state index contributed by atoms with van der Waals surface area (Å²) in [5.74, 6) is 1.21. The quantitative estimate of drug-likeness (QED) is 0.171. The molecule has 0 unspecified atom stereocenters. The number of thiophene rings is 1. The molecule has 0 aliphatic heterocycles. The molecule has 1 amide bonds. The molecule has 6 rings (SSSR count). The number of hydrogen-bond donors (Lipinski definition) is 2. The van der Waals surface area contributed by atoms with Gasteiger partial charge < -0.3 is 20.1 Å². The van der Waals surface area contributed by atoms with Gasteiger partial charge in [0.05, 0.1) is 46.9 Å². The van der Waals surface area contributed by atoms with Crippen LogP contribution in [0, 0.1) is 12.7 Å². The highest BCUT2D eigenvalue weighted by molar-refractivity contribution is 7.18. The standard InChI is InChI=1S/C32H26ClFN6O3S/c1-18-4-7-22(39-32(41)24-9-6-21(34)10-26(24)33)11-27(18)40-15-20(14-38-40)25-16-44-30-29(25)36-17-37-31(30)35-13-19-5-8-23(42-2)12-28(19)43-3/h4-12,14-17H,13H2,1-3H3,(H,39,41)(H,35,36,37). The van der Waals surface area contributed by atoms with Crippen LogP contribution in [-0.2, 0) is 6.54 Å². The van der Waals surface area contributed by atoms with Crippen molar-refractivity contribution in [2.45, 2.75) is 13.5 Å². The van der Waals surface area contributed by atoms with Gasteiger partial charge in [-0.1, -0.05) is 17.7 Å². The molecule has 222 valence electrons. The minimum absolute atomic E-state index is 0.0390. The molecule has 0 aliphatic carbocycles. The fraction of sp³-hybridized carbons (Fsp3) is 0.125. The number of fused-ring (bicyclic) bond motifs is 1. The summed E-state index contributed by atoms with van der Waals surface area (Å²) in [4.78, 5) is 21.9. The number of nitrogens with one attached hydrogen (secondary N) is 2. The van der Waals surface area contributed by atoms with Gasteiger partial charge in [0.15, 0.2) is 0 Å². The maximum atomic E-state index is 13.4. The second kappa shape index (κ2) is 12.3. The maximum absolute atomic E-state index is 13.4. The molecule has 3 aromatic heterocycles. The number of amides is 1. The number of carbonyl (C=O) groups is 1. The number of hydrogen-bond acceptors (Lipinski definition) is 8. The summed E-state index contributed by atoms with van der Waals surface area (Å²) in [6.45, 7) is 2.46. The van der Waals surface area contributed by atoms with E-state index in [2.05, 4.69) is 25.7 Å². The lowest BCUT2D eigenvalue weighted by Crippen LogP contribution is -2.13. The van der Waals surface area contributed by atoms with E-state index in [9.17, 15) is 9.18 Å². The van der Waals surface area contributed by atoms with Crippen LogP contribution in [-0.4, -0.2) is 39.9 Å². The second-order valence-corrected chi connectivity index (χ2v) is 11.1. The van der Waals surface area contributed by atoms with Gasteiger partial charge in [0, 0.05) is 46.6 Å². The zero-order valence-electron chi connectivity index (χ0n) is 23.9. The van der Waals surface area contributed by atoms with E-state index in [-0.39, 0.29) is 10.6 Å². The Bertz CT molecular complexity index is 2010. The Balaban J connectivity index is 1.24. The Morgan fingerprint density at radius 1 is 1.07 bits per heavy atom. The SMILES string of the molecule is COc1ccc(CNc2ncnc3c(-c4cnn(-c5cc(NC(=O)c6ccc(F)cc6Cl)ccc5C)c4)csc23)c(OC)c1. The molecular weight excluding hydrogens is 603 g/mol. The van der Waals surface area contributed by atoms with Crippen molar-refractivity contribution >= 4 is 50.6 Å². The summed E-state index contributed by atoms with van der Waals surface area (Å²) in [7, 11) is 3.25. The van der Waals surface area contributed by atoms with E-state index in [1.165, 1.54) is 12.1 Å². The molecule has 44 heavy (non-hydrogen) atoms. The van der Waals surface area contributed by atoms with Crippen LogP contribution in [0.5, 0.6) is 11.5 Å². The van der Waals surface area contributed by atoms with Crippen LogP contribution < -0.4 is 20.1 Å². The molecule has 12 heteroatoms. The number of aryl methyl sites for hydroxylation is 1. The minimum Gasteiger partial charge on any atom is -0.497 e. The van der Waals surface area contributed by atoms with Crippen LogP contribution in [0.2, 0.25) is 5.02 Å². The zero-order valence-corrected chi connectivity index (χ0v) is 25.5.